The molecular formula is C20H32N2O3. The van der Waals surface area contributed by atoms with Crippen LogP contribution >= 0.6 is 0 Å². The first-order valence-electron chi connectivity index (χ1n) is 9.21. The van der Waals surface area contributed by atoms with Crippen molar-refractivity contribution in [3.8, 4) is 0 Å². The summed E-state index contributed by atoms with van der Waals surface area (Å²) in [5, 5.41) is 10.1. The fourth-order valence-electron chi connectivity index (χ4n) is 2.90. The molecule has 1 aromatic carbocycles. The number of rotatable bonds is 6. The Bertz CT molecular complexity index is 543. The number of carbonyl (C=O) groups is 1. The molecule has 0 saturated carbocycles. The van der Waals surface area contributed by atoms with E-state index in [-0.39, 0.29) is 11.5 Å². The van der Waals surface area contributed by atoms with E-state index in [1.807, 2.05) is 49.9 Å². The van der Waals surface area contributed by atoms with Crippen molar-refractivity contribution in [3.05, 3.63) is 35.4 Å². The average Bonchev–Trinajstić information content (AvgIpc) is 2.59. The van der Waals surface area contributed by atoms with Crippen molar-refractivity contribution in [1.82, 2.24) is 9.80 Å². The van der Waals surface area contributed by atoms with Crippen LogP contribution in [0.25, 0.3) is 0 Å². The number of β-amino-alcohol motifs (C(OH)–C–C–N with tert-alkyl or cyclic N) is 1. The van der Waals surface area contributed by atoms with Crippen LogP contribution in [0.3, 0.4) is 0 Å². The number of aliphatic hydroxyl groups excluding tert-OH is 1. The van der Waals surface area contributed by atoms with E-state index in [4.69, 9.17) is 4.74 Å². The van der Waals surface area contributed by atoms with Gasteiger partial charge in [-0.3, -0.25) is 9.69 Å². The Morgan fingerprint density at radius 2 is 1.76 bits per heavy atom. The maximum absolute atomic E-state index is 12.6. The molecule has 1 aliphatic rings. The van der Waals surface area contributed by atoms with Gasteiger partial charge in [0.15, 0.2) is 0 Å². The number of aryl methyl sites for hydroxylation is 1. The number of nitrogens with zero attached hydrogens (tertiary/aromatic N) is 2. The molecule has 0 spiro atoms. The Morgan fingerprint density at radius 3 is 2.28 bits per heavy atom. The highest BCUT2D eigenvalue weighted by Crippen LogP contribution is 2.12. The second kappa shape index (κ2) is 8.79. The Morgan fingerprint density at radius 1 is 1.16 bits per heavy atom. The molecule has 140 valence electrons. The van der Waals surface area contributed by atoms with Gasteiger partial charge in [0.05, 0.1) is 18.3 Å². The van der Waals surface area contributed by atoms with Crippen molar-refractivity contribution in [2.24, 2.45) is 0 Å². The van der Waals surface area contributed by atoms with Crippen molar-refractivity contribution in [1.29, 1.82) is 0 Å². The van der Waals surface area contributed by atoms with Crippen molar-refractivity contribution < 1.29 is 14.6 Å². The van der Waals surface area contributed by atoms with E-state index in [2.05, 4.69) is 11.8 Å². The van der Waals surface area contributed by atoms with Gasteiger partial charge in [0.1, 0.15) is 0 Å². The van der Waals surface area contributed by atoms with Gasteiger partial charge in [-0.2, -0.15) is 0 Å². The minimum absolute atomic E-state index is 0.0962. The monoisotopic (exact) mass is 348 g/mol. The topological polar surface area (TPSA) is 53.0 Å². The number of benzene rings is 1. The summed E-state index contributed by atoms with van der Waals surface area (Å²) in [5.41, 5.74) is 1.76. The van der Waals surface area contributed by atoms with E-state index < -0.39 is 6.10 Å². The molecule has 0 radical (unpaired) electrons. The summed E-state index contributed by atoms with van der Waals surface area (Å²) < 4.78 is 5.63. The summed E-state index contributed by atoms with van der Waals surface area (Å²) in [6, 6.07) is 7.88. The Kier molecular flexibility index (Phi) is 6.99. The van der Waals surface area contributed by atoms with Crippen LogP contribution in [-0.2, 0) is 11.2 Å². The standard InChI is InChI=1S/C20H32N2O3/c1-5-16-6-8-17(9-7-16)19(24)22-12-10-21(11-13-22)14-18(23)15-25-20(2,3)4/h6-9,18,23H,5,10-15H2,1-4H3. The van der Waals surface area contributed by atoms with Gasteiger partial charge in [-0.1, -0.05) is 19.1 Å². The molecule has 0 bridgehead atoms. The number of hydrogen-bond donors (Lipinski definition) is 1. The second-order valence-electron chi connectivity index (χ2n) is 7.72. The van der Waals surface area contributed by atoms with Crippen LogP contribution in [-0.4, -0.2) is 71.8 Å². The lowest BCUT2D eigenvalue weighted by molar-refractivity contribution is -0.0581. The zero-order valence-electron chi connectivity index (χ0n) is 16.0. The number of piperazine rings is 1. The number of ether oxygens (including phenoxy) is 1. The average molecular weight is 348 g/mol. The first-order chi connectivity index (χ1) is 11.8. The van der Waals surface area contributed by atoms with Crippen LogP contribution < -0.4 is 0 Å². The van der Waals surface area contributed by atoms with E-state index in [1.165, 1.54) is 5.56 Å². The van der Waals surface area contributed by atoms with Crippen LogP contribution in [0, 0.1) is 0 Å². The summed E-state index contributed by atoms with van der Waals surface area (Å²) in [4.78, 5) is 16.7. The van der Waals surface area contributed by atoms with Crippen LogP contribution in [0.4, 0.5) is 0 Å². The van der Waals surface area contributed by atoms with Crippen LogP contribution in [0.2, 0.25) is 0 Å². The van der Waals surface area contributed by atoms with Crippen LogP contribution in [0.15, 0.2) is 24.3 Å². The summed E-state index contributed by atoms with van der Waals surface area (Å²) in [6.07, 6.45) is 0.483. The normalized spacial score (nSPS) is 17.6. The van der Waals surface area contributed by atoms with Gasteiger partial charge in [-0.15, -0.1) is 0 Å². The molecule has 0 aromatic heterocycles. The third-order valence-corrected chi connectivity index (χ3v) is 4.45. The highest BCUT2D eigenvalue weighted by Gasteiger charge is 2.24. The maximum atomic E-state index is 12.6. The molecular weight excluding hydrogens is 316 g/mol. The van der Waals surface area contributed by atoms with Gasteiger partial charge in [0, 0.05) is 38.3 Å². The molecule has 1 heterocycles. The lowest BCUT2D eigenvalue weighted by Gasteiger charge is -2.36. The lowest BCUT2D eigenvalue weighted by Crippen LogP contribution is -2.51. The molecule has 1 unspecified atom stereocenters. The second-order valence-corrected chi connectivity index (χ2v) is 7.72. The Balaban J connectivity index is 1.77. The van der Waals surface area contributed by atoms with Crippen molar-refractivity contribution >= 4 is 5.91 Å². The SMILES string of the molecule is CCc1ccc(C(=O)N2CCN(CC(O)COC(C)(C)C)CC2)cc1. The summed E-state index contributed by atoms with van der Waals surface area (Å²) in [5.74, 6) is 0.0962. The lowest BCUT2D eigenvalue weighted by atomic mass is 10.1. The minimum Gasteiger partial charge on any atom is -0.389 e. The first-order valence-corrected chi connectivity index (χ1v) is 9.21. The van der Waals surface area contributed by atoms with Gasteiger partial charge in [0.2, 0.25) is 0 Å². The van der Waals surface area contributed by atoms with E-state index in [0.29, 0.717) is 26.2 Å². The highest BCUT2D eigenvalue weighted by molar-refractivity contribution is 5.94. The maximum Gasteiger partial charge on any atom is 0.253 e. The number of carbonyl (C=O) groups excluding carboxylic acids is 1. The predicted octanol–water partition coefficient (Wildman–Crippen LogP) is 2.18. The Hall–Kier alpha value is -1.43. The number of aliphatic hydroxyl groups is 1. The minimum atomic E-state index is -0.497. The zero-order chi connectivity index (χ0) is 18.4. The molecule has 0 aliphatic carbocycles. The van der Waals surface area contributed by atoms with E-state index >= 15 is 0 Å². The third kappa shape index (κ3) is 6.42. The van der Waals surface area contributed by atoms with Crippen molar-refractivity contribution in [3.63, 3.8) is 0 Å². The number of amides is 1. The van der Waals surface area contributed by atoms with Crippen LogP contribution in [0.1, 0.15) is 43.6 Å². The molecule has 1 aromatic rings. The van der Waals surface area contributed by atoms with Crippen molar-refractivity contribution in [2.45, 2.75) is 45.8 Å². The van der Waals surface area contributed by atoms with Gasteiger partial charge < -0.3 is 14.7 Å². The van der Waals surface area contributed by atoms with Gasteiger partial charge in [0.25, 0.3) is 5.91 Å². The quantitative estimate of drug-likeness (QED) is 0.856. The molecule has 5 nitrogen and oxygen atoms in total. The van der Waals surface area contributed by atoms with Crippen molar-refractivity contribution in [2.75, 3.05) is 39.3 Å². The smallest absolute Gasteiger partial charge is 0.253 e. The molecule has 1 atom stereocenters. The molecule has 1 fully saturated rings. The molecule has 1 amide bonds. The largest absolute Gasteiger partial charge is 0.389 e. The van der Waals surface area contributed by atoms with Gasteiger partial charge in [-0.05, 0) is 44.9 Å². The number of hydrogen-bond acceptors (Lipinski definition) is 4. The molecule has 2 rings (SSSR count). The highest BCUT2D eigenvalue weighted by atomic mass is 16.5. The van der Waals surface area contributed by atoms with E-state index in [0.717, 1.165) is 25.1 Å². The Labute approximate surface area is 151 Å². The molecule has 25 heavy (non-hydrogen) atoms. The molecule has 1 aliphatic heterocycles. The third-order valence-electron chi connectivity index (χ3n) is 4.45. The summed E-state index contributed by atoms with van der Waals surface area (Å²) in [7, 11) is 0. The first kappa shape index (κ1) is 19.9. The summed E-state index contributed by atoms with van der Waals surface area (Å²) >= 11 is 0. The molecule has 1 saturated heterocycles. The zero-order valence-corrected chi connectivity index (χ0v) is 16.0. The molecule has 5 heteroatoms. The fourth-order valence-corrected chi connectivity index (χ4v) is 2.90. The summed E-state index contributed by atoms with van der Waals surface area (Å²) in [6.45, 7) is 11.9. The van der Waals surface area contributed by atoms with E-state index in [1.54, 1.807) is 0 Å². The molecule has 1 N–H and O–H groups in total. The van der Waals surface area contributed by atoms with E-state index in [9.17, 15) is 9.90 Å². The van der Waals surface area contributed by atoms with Gasteiger partial charge in [-0.25, -0.2) is 0 Å². The predicted molar refractivity (Wildman–Crippen MR) is 99.9 cm³/mol. The van der Waals surface area contributed by atoms with Gasteiger partial charge >= 0.3 is 0 Å². The van der Waals surface area contributed by atoms with Crippen LogP contribution in [0.5, 0.6) is 0 Å². The fraction of sp³-hybridized carbons (Fsp3) is 0.650.